The van der Waals surface area contributed by atoms with Gasteiger partial charge in [0.05, 0.1) is 17.7 Å². The van der Waals surface area contributed by atoms with Crippen molar-refractivity contribution in [1.29, 1.82) is 0 Å². The topological polar surface area (TPSA) is 77.2 Å². The summed E-state index contributed by atoms with van der Waals surface area (Å²) in [6.45, 7) is 4.21. The summed E-state index contributed by atoms with van der Waals surface area (Å²) in [5, 5.41) is 17.6. The smallest absolute Gasteiger partial charge is 0.337 e. The van der Waals surface area contributed by atoms with E-state index in [0.717, 1.165) is 6.42 Å². The number of carboxylic acid groups (broad SMARTS) is 1. The van der Waals surface area contributed by atoms with E-state index in [2.05, 4.69) is 24.2 Å². The van der Waals surface area contributed by atoms with E-state index in [1.165, 1.54) is 0 Å². The number of rotatable bonds is 3. The highest BCUT2D eigenvalue weighted by molar-refractivity contribution is 6.00. The molecule has 0 amide bonds. The lowest BCUT2D eigenvalue weighted by Gasteiger charge is -2.50. The van der Waals surface area contributed by atoms with Gasteiger partial charge in [0.15, 0.2) is 0 Å². The molecule has 2 aromatic rings. The van der Waals surface area contributed by atoms with E-state index in [-0.39, 0.29) is 23.1 Å². The van der Waals surface area contributed by atoms with Crippen LogP contribution in [0, 0.1) is 5.41 Å². The lowest BCUT2D eigenvalue weighted by atomic mass is 9.64. The Labute approximate surface area is 116 Å². The van der Waals surface area contributed by atoms with Crippen molar-refractivity contribution in [3.05, 3.63) is 23.8 Å². The van der Waals surface area contributed by atoms with E-state index in [0.29, 0.717) is 11.0 Å². The number of carboxylic acids is 1. The number of nitrogens with zero attached hydrogens (tertiary/aromatic N) is 3. The summed E-state index contributed by atoms with van der Waals surface area (Å²) in [5.41, 5.74) is 1.35. The Bertz CT molecular complexity index is 677. The molecule has 0 spiro atoms. The lowest BCUT2D eigenvalue weighted by molar-refractivity contribution is -0.115. The molecular weight excluding hydrogens is 258 g/mol. The first-order chi connectivity index (χ1) is 9.46. The minimum Gasteiger partial charge on any atom is -0.478 e. The summed E-state index contributed by atoms with van der Waals surface area (Å²) < 4.78 is 7.19. The number of fused-ring (bicyclic) bond motifs is 1. The van der Waals surface area contributed by atoms with Crippen LogP contribution in [0.1, 0.15) is 36.7 Å². The number of benzene rings is 1. The molecule has 1 N–H and O–H groups in total. The zero-order chi connectivity index (χ0) is 14.5. The van der Waals surface area contributed by atoms with E-state index in [1.54, 1.807) is 30.0 Å². The molecular formula is C14H17N3O3. The highest BCUT2D eigenvalue weighted by Gasteiger charge is 2.50. The first-order valence-corrected chi connectivity index (χ1v) is 6.56. The second-order valence-corrected chi connectivity index (χ2v) is 5.81. The van der Waals surface area contributed by atoms with E-state index in [4.69, 9.17) is 4.74 Å². The van der Waals surface area contributed by atoms with Crippen molar-refractivity contribution >= 4 is 17.0 Å². The molecule has 0 radical (unpaired) electrons. The van der Waals surface area contributed by atoms with E-state index in [1.807, 2.05) is 0 Å². The minimum atomic E-state index is -0.959. The van der Waals surface area contributed by atoms with Gasteiger partial charge in [0.25, 0.3) is 0 Å². The van der Waals surface area contributed by atoms with Crippen LogP contribution in [0.25, 0.3) is 11.0 Å². The molecule has 1 fully saturated rings. The van der Waals surface area contributed by atoms with Crippen molar-refractivity contribution in [1.82, 2.24) is 15.0 Å². The molecule has 106 valence electrons. The third-order valence-electron chi connectivity index (χ3n) is 4.43. The first-order valence-electron chi connectivity index (χ1n) is 6.56. The number of methoxy groups -OCH3 is 1. The average Bonchev–Trinajstić information content (AvgIpc) is 2.81. The van der Waals surface area contributed by atoms with Gasteiger partial charge >= 0.3 is 5.97 Å². The molecule has 2 atom stereocenters. The van der Waals surface area contributed by atoms with E-state index >= 15 is 0 Å². The highest BCUT2D eigenvalue weighted by atomic mass is 16.5. The van der Waals surface area contributed by atoms with Crippen LogP contribution in [-0.4, -0.2) is 39.3 Å². The zero-order valence-electron chi connectivity index (χ0n) is 11.7. The number of aromatic carboxylic acids is 1. The fourth-order valence-corrected chi connectivity index (χ4v) is 3.06. The van der Waals surface area contributed by atoms with Crippen LogP contribution in [0.3, 0.4) is 0 Å². The van der Waals surface area contributed by atoms with Crippen molar-refractivity contribution in [3.8, 4) is 0 Å². The number of carbonyl (C=O) groups is 1. The number of aromatic nitrogens is 3. The van der Waals surface area contributed by atoms with Gasteiger partial charge in [0.2, 0.25) is 0 Å². The maximum absolute atomic E-state index is 11.4. The Morgan fingerprint density at radius 2 is 2.25 bits per heavy atom. The molecule has 1 aromatic carbocycles. The summed E-state index contributed by atoms with van der Waals surface area (Å²) in [4.78, 5) is 11.4. The molecule has 6 nitrogen and oxygen atoms in total. The standard InChI is InChI=1S/C14H17N3O3/c1-14(2)10(7-11(14)20-3)17-12-8(13(18)19)5-4-6-9(12)15-16-17/h4-6,10-11H,7H2,1-3H3,(H,18,19). The number of hydrogen-bond acceptors (Lipinski definition) is 4. The van der Waals surface area contributed by atoms with Crippen LogP contribution in [-0.2, 0) is 4.74 Å². The van der Waals surface area contributed by atoms with Crippen LogP contribution in [0.4, 0.5) is 0 Å². The Morgan fingerprint density at radius 3 is 2.85 bits per heavy atom. The van der Waals surface area contributed by atoms with Crippen molar-refractivity contribution in [2.75, 3.05) is 7.11 Å². The predicted molar refractivity (Wildman–Crippen MR) is 72.7 cm³/mol. The van der Waals surface area contributed by atoms with Gasteiger partial charge < -0.3 is 9.84 Å². The molecule has 0 saturated heterocycles. The van der Waals surface area contributed by atoms with Crippen LogP contribution in [0.2, 0.25) is 0 Å². The van der Waals surface area contributed by atoms with E-state index < -0.39 is 5.97 Å². The molecule has 1 aliphatic carbocycles. The maximum Gasteiger partial charge on any atom is 0.337 e. The van der Waals surface area contributed by atoms with Gasteiger partial charge in [-0.25, -0.2) is 9.48 Å². The molecule has 1 heterocycles. The molecule has 1 saturated carbocycles. The second-order valence-electron chi connectivity index (χ2n) is 5.81. The quantitative estimate of drug-likeness (QED) is 0.928. The highest BCUT2D eigenvalue weighted by Crippen LogP contribution is 2.51. The van der Waals surface area contributed by atoms with Gasteiger partial charge in [0.1, 0.15) is 11.0 Å². The molecule has 1 aliphatic rings. The number of hydrogen-bond donors (Lipinski definition) is 1. The monoisotopic (exact) mass is 275 g/mol. The van der Waals surface area contributed by atoms with Gasteiger partial charge in [-0.05, 0) is 18.6 Å². The fraction of sp³-hybridized carbons (Fsp3) is 0.500. The van der Waals surface area contributed by atoms with Crippen molar-refractivity contribution < 1.29 is 14.6 Å². The minimum absolute atomic E-state index is 0.0953. The Balaban J connectivity index is 2.12. The molecule has 1 aromatic heterocycles. The molecule has 20 heavy (non-hydrogen) atoms. The lowest BCUT2D eigenvalue weighted by Crippen LogP contribution is -2.51. The molecule has 3 rings (SSSR count). The van der Waals surface area contributed by atoms with Crippen molar-refractivity contribution in [3.63, 3.8) is 0 Å². The third-order valence-corrected chi connectivity index (χ3v) is 4.43. The summed E-state index contributed by atoms with van der Waals surface area (Å²) >= 11 is 0. The maximum atomic E-state index is 11.4. The van der Waals surface area contributed by atoms with Crippen LogP contribution < -0.4 is 0 Å². The number of ether oxygens (including phenoxy) is 1. The SMILES string of the molecule is COC1CC(n2nnc3cccc(C(=O)O)c32)C1(C)C. The van der Waals surface area contributed by atoms with Crippen LogP contribution in [0.15, 0.2) is 18.2 Å². The van der Waals surface area contributed by atoms with Crippen molar-refractivity contribution in [2.24, 2.45) is 5.41 Å². The third kappa shape index (κ3) is 1.64. The summed E-state index contributed by atoms with van der Waals surface area (Å²) in [5.74, 6) is -0.959. The average molecular weight is 275 g/mol. The van der Waals surface area contributed by atoms with Crippen LogP contribution in [0.5, 0.6) is 0 Å². The first kappa shape index (κ1) is 13.1. The largest absolute Gasteiger partial charge is 0.478 e. The summed E-state index contributed by atoms with van der Waals surface area (Å²) in [6.07, 6.45) is 0.972. The molecule has 0 bridgehead atoms. The normalized spacial score (nSPS) is 24.6. The van der Waals surface area contributed by atoms with Gasteiger partial charge in [0, 0.05) is 12.5 Å². The Morgan fingerprint density at radius 1 is 1.50 bits per heavy atom. The fourth-order valence-electron chi connectivity index (χ4n) is 3.06. The zero-order valence-corrected chi connectivity index (χ0v) is 11.7. The number of para-hydroxylation sites is 1. The summed E-state index contributed by atoms with van der Waals surface area (Å²) in [7, 11) is 1.70. The second kappa shape index (κ2) is 4.28. The molecule has 6 heteroatoms. The summed E-state index contributed by atoms with van der Waals surface area (Å²) in [6, 6.07) is 5.15. The molecule has 0 aliphatic heterocycles. The molecule has 2 unspecified atom stereocenters. The van der Waals surface area contributed by atoms with Crippen molar-refractivity contribution in [2.45, 2.75) is 32.4 Å². The van der Waals surface area contributed by atoms with E-state index in [9.17, 15) is 9.90 Å². The van der Waals surface area contributed by atoms with Gasteiger partial charge in [-0.1, -0.05) is 25.1 Å². The van der Waals surface area contributed by atoms with Gasteiger partial charge in [-0.2, -0.15) is 0 Å². The Hall–Kier alpha value is -1.95. The van der Waals surface area contributed by atoms with Gasteiger partial charge in [-0.15, -0.1) is 5.10 Å². The predicted octanol–water partition coefficient (Wildman–Crippen LogP) is 2.12. The van der Waals surface area contributed by atoms with Gasteiger partial charge in [-0.3, -0.25) is 0 Å². The van der Waals surface area contributed by atoms with Crippen LogP contribution >= 0.6 is 0 Å². The Kier molecular flexibility index (Phi) is 2.79.